The maximum Gasteiger partial charge on any atom is 0.0655 e. The second-order valence-corrected chi connectivity index (χ2v) is 7.43. The van der Waals surface area contributed by atoms with E-state index in [4.69, 9.17) is 4.74 Å². The Morgan fingerprint density at radius 3 is 2.55 bits per heavy atom. The van der Waals surface area contributed by atoms with E-state index in [-0.39, 0.29) is 0 Å². The lowest BCUT2D eigenvalue weighted by atomic mass is 9.64. The Kier molecular flexibility index (Phi) is 5.88. The smallest absolute Gasteiger partial charge is 0.0655 e. The first-order valence-electron chi connectivity index (χ1n) is 8.61. The maximum atomic E-state index is 5.80. The molecule has 1 saturated carbocycles. The molecule has 1 heterocycles. The van der Waals surface area contributed by atoms with E-state index in [1.807, 2.05) is 0 Å². The standard InChI is InChI=1S/C17H34N2O/c1-5-20-16-11-15(17(16,3)4)18-12-14(2)13-19-9-7-6-8-10-19/h14-16,18H,5-13H2,1-4H3. The van der Waals surface area contributed by atoms with Crippen LogP contribution in [0.5, 0.6) is 0 Å². The number of nitrogens with zero attached hydrogens (tertiary/aromatic N) is 1. The number of ether oxygens (including phenoxy) is 1. The van der Waals surface area contributed by atoms with Gasteiger partial charge in [0.25, 0.3) is 0 Å². The van der Waals surface area contributed by atoms with Crippen LogP contribution in [-0.2, 0) is 4.74 Å². The van der Waals surface area contributed by atoms with Crippen LogP contribution in [0.25, 0.3) is 0 Å². The summed E-state index contributed by atoms with van der Waals surface area (Å²) in [7, 11) is 0. The summed E-state index contributed by atoms with van der Waals surface area (Å²) in [5.41, 5.74) is 0.293. The molecule has 2 aliphatic rings. The number of hydrogen-bond donors (Lipinski definition) is 1. The van der Waals surface area contributed by atoms with E-state index in [2.05, 4.69) is 37.9 Å². The van der Waals surface area contributed by atoms with Crippen molar-refractivity contribution < 1.29 is 4.74 Å². The lowest BCUT2D eigenvalue weighted by molar-refractivity contribution is -0.114. The Bertz CT molecular complexity index is 287. The van der Waals surface area contributed by atoms with Crippen LogP contribution >= 0.6 is 0 Å². The van der Waals surface area contributed by atoms with Crippen molar-refractivity contribution >= 4 is 0 Å². The molecule has 1 N–H and O–H groups in total. The van der Waals surface area contributed by atoms with Gasteiger partial charge in [-0.3, -0.25) is 0 Å². The molecule has 2 rings (SSSR count). The van der Waals surface area contributed by atoms with Gasteiger partial charge in [-0.1, -0.05) is 27.2 Å². The summed E-state index contributed by atoms with van der Waals surface area (Å²) in [4.78, 5) is 2.64. The third-order valence-corrected chi connectivity index (χ3v) is 5.28. The number of likely N-dealkylation sites (tertiary alicyclic amines) is 1. The molecule has 2 fully saturated rings. The molecule has 20 heavy (non-hydrogen) atoms. The molecule has 1 aliphatic heterocycles. The number of nitrogens with one attached hydrogen (secondary N) is 1. The second-order valence-electron chi connectivity index (χ2n) is 7.43. The molecule has 0 amide bonds. The fourth-order valence-corrected chi connectivity index (χ4v) is 3.71. The monoisotopic (exact) mass is 282 g/mol. The third kappa shape index (κ3) is 3.96. The van der Waals surface area contributed by atoms with Gasteiger partial charge < -0.3 is 15.0 Å². The van der Waals surface area contributed by atoms with E-state index in [0.717, 1.165) is 19.1 Å². The molecular weight excluding hydrogens is 248 g/mol. The highest BCUT2D eigenvalue weighted by molar-refractivity contribution is 5.02. The average molecular weight is 282 g/mol. The minimum Gasteiger partial charge on any atom is -0.378 e. The Labute approximate surface area is 125 Å². The molecule has 0 bridgehead atoms. The molecule has 0 radical (unpaired) electrons. The summed E-state index contributed by atoms with van der Waals surface area (Å²) in [5.74, 6) is 0.745. The van der Waals surface area contributed by atoms with Crippen LogP contribution < -0.4 is 5.32 Å². The van der Waals surface area contributed by atoms with Crippen LogP contribution in [-0.4, -0.2) is 49.8 Å². The van der Waals surface area contributed by atoms with Crippen molar-refractivity contribution in [1.29, 1.82) is 0 Å². The van der Waals surface area contributed by atoms with E-state index < -0.39 is 0 Å². The van der Waals surface area contributed by atoms with Crippen molar-refractivity contribution in [3.05, 3.63) is 0 Å². The van der Waals surface area contributed by atoms with Crippen LogP contribution in [0.4, 0.5) is 0 Å². The van der Waals surface area contributed by atoms with Gasteiger partial charge in [-0.05, 0) is 51.7 Å². The first-order valence-corrected chi connectivity index (χ1v) is 8.61. The molecule has 3 heteroatoms. The van der Waals surface area contributed by atoms with Gasteiger partial charge in [0.15, 0.2) is 0 Å². The van der Waals surface area contributed by atoms with Gasteiger partial charge in [0.1, 0.15) is 0 Å². The fraction of sp³-hybridized carbons (Fsp3) is 1.00. The van der Waals surface area contributed by atoms with E-state index in [9.17, 15) is 0 Å². The second kappa shape index (κ2) is 7.24. The molecule has 118 valence electrons. The Morgan fingerprint density at radius 2 is 1.95 bits per heavy atom. The predicted molar refractivity (Wildman–Crippen MR) is 85.1 cm³/mol. The largest absolute Gasteiger partial charge is 0.378 e. The van der Waals surface area contributed by atoms with Crippen molar-refractivity contribution in [2.45, 2.75) is 65.5 Å². The summed E-state index contributed by atoms with van der Waals surface area (Å²) < 4.78 is 5.80. The molecule has 3 atom stereocenters. The van der Waals surface area contributed by atoms with Crippen molar-refractivity contribution in [2.24, 2.45) is 11.3 Å². The van der Waals surface area contributed by atoms with Crippen LogP contribution in [0.1, 0.15) is 53.4 Å². The Hall–Kier alpha value is -0.120. The molecule has 0 aromatic rings. The zero-order chi connectivity index (χ0) is 14.6. The van der Waals surface area contributed by atoms with Crippen LogP contribution in [0.2, 0.25) is 0 Å². The highest BCUT2D eigenvalue weighted by Gasteiger charge is 2.48. The molecule has 0 aromatic heterocycles. The lowest BCUT2D eigenvalue weighted by Crippen LogP contribution is -2.61. The quantitative estimate of drug-likeness (QED) is 0.777. The van der Waals surface area contributed by atoms with E-state index in [0.29, 0.717) is 17.6 Å². The number of piperidine rings is 1. The van der Waals surface area contributed by atoms with Gasteiger partial charge in [0, 0.05) is 24.6 Å². The first kappa shape index (κ1) is 16.3. The molecule has 3 unspecified atom stereocenters. The summed E-state index contributed by atoms with van der Waals surface area (Å²) >= 11 is 0. The first-order chi connectivity index (χ1) is 9.54. The minimum absolute atomic E-state index is 0.293. The number of hydrogen-bond acceptors (Lipinski definition) is 3. The topological polar surface area (TPSA) is 24.5 Å². The van der Waals surface area contributed by atoms with Crippen LogP contribution in [0, 0.1) is 11.3 Å². The summed E-state index contributed by atoms with van der Waals surface area (Å²) in [6, 6.07) is 0.628. The molecule has 1 saturated heterocycles. The van der Waals surface area contributed by atoms with Crippen LogP contribution in [0.15, 0.2) is 0 Å². The van der Waals surface area contributed by atoms with Gasteiger partial charge in [0.05, 0.1) is 6.10 Å². The van der Waals surface area contributed by atoms with Crippen molar-refractivity contribution in [2.75, 3.05) is 32.8 Å². The SMILES string of the molecule is CCOC1CC(NCC(C)CN2CCCCC2)C1(C)C. The van der Waals surface area contributed by atoms with Crippen molar-refractivity contribution in [3.63, 3.8) is 0 Å². The third-order valence-electron chi connectivity index (χ3n) is 5.28. The molecule has 0 spiro atoms. The van der Waals surface area contributed by atoms with Crippen LogP contribution in [0.3, 0.4) is 0 Å². The number of rotatable bonds is 7. The summed E-state index contributed by atoms with van der Waals surface area (Å²) in [6.07, 6.45) is 5.84. The molecular formula is C17H34N2O. The van der Waals surface area contributed by atoms with E-state index in [1.54, 1.807) is 0 Å². The zero-order valence-corrected chi connectivity index (χ0v) is 14.0. The molecule has 0 aromatic carbocycles. The zero-order valence-electron chi connectivity index (χ0n) is 14.0. The highest BCUT2D eigenvalue weighted by atomic mass is 16.5. The van der Waals surface area contributed by atoms with E-state index >= 15 is 0 Å². The van der Waals surface area contributed by atoms with Gasteiger partial charge in [-0.2, -0.15) is 0 Å². The van der Waals surface area contributed by atoms with Gasteiger partial charge in [0.2, 0.25) is 0 Å². The lowest BCUT2D eigenvalue weighted by Gasteiger charge is -2.52. The van der Waals surface area contributed by atoms with Gasteiger partial charge in [-0.25, -0.2) is 0 Å². The summed E-state index contributed by atoms with van der Waals surface area (Å²) in [5, 5.41) is 3.78. The van der Waals surface area contributed by atoms with Crippen molar-refractivity contribution in [3.8, 4) is 0 Å². The van der Waals surface area contributed by atoms with E-state index in [1.165, 1.54) is 45.3 Å². The Morgan fingerprint density at radius 1 is 1.25 bits per heavy atom. The maximum absolute atomic E-state index is 5.80. The molecule has 3 nitrogen and oxygen atoms in total. The average Bonchev–Trinajstić information content (AvgIpc) is 2.43. The minimum atomic E-state index is 0.293. The Balaban J connectivity index is 1.65. The predicted octanol–water partition coefficient (Wildman–Crippen LogP) is 2.90. The fourth-order valence-electron chi connectivity index (χ4n) is 3.71. The summed E-state index contributed by atoms with van der Waals surface area (Å²) in [6.45, 7) is 15.0. The molecule has 1 aliphatic carbocycles. The highest BCUT2D eigenvalue weighted by Crippen LogP contribution is 2.42. The van der Waals surface area contributed by atoms with Gasteiger partial charge in [-0.15, -0.1) is 0 Å². The van der Waals surface area contributed by atoms with Crippen molar-refractivity contribution in [1.82, 2.24) is 10.2 Å². The normalized spacial score (nSPS) is 31.8. The van der Waals surface area contributed by atoms with Gasteiger partial charge >= 0.3 is 0 Å².